The Morgan fingerprint density at radius 3 is 3.00 bits per heavy atom. The lowest BCUT2D eigenvalue weighted by atomic mass is 9.95. The van der Waals surface area contributed by atoms with Crippen LogP contribution in [0.3, 0.4) is 0 Å². The molecule has 0 aliphatic carbocycles. The van der Waals surface area contributed by atoms with Crippen LogP contribution in [0, 0.1) is 0 Å². The van der Waals surface area contributed by atoms with Crippen molar-refractivity contribution in [2.45, 2.75) is 12.0 Å². The third-order valence-corrected chi connectivity index (χ3v) is 2.58. The van der Waals surface area contributed by atoms with Crippen LogP contribution in [0.2, 0.25) is 5.02 Å². The summed E-state index contributed by atoms with van der Waals surface area (Å²) in [5.41, 5.74) is 0.0164. The molecule has 2 heterocycles. The van der Waals surface area contributed by atoms with Crippen molar-refractivity contribution >= 4 is 11.6 Å². The number of aromatic nitrogens is 1. The molecule has 1 saturated heterocycles. The molecule has 1 unspecified atom stereocenters. The van der Waals surface area contributed by atoms with Crippen LogP contribution in [-0.4, -0.2) is 23.2 Å². The molecule has 1 aliphatic heterocycles. The summed E-state index contributed by atoms with van der Waals surface area (Å²) >= 11 is 5.79. The summed E-state index contributed by atoms with van der Waals surface area (Å²) in [4.78, 5) is 3.95. The van der Waals surface area contributed by atoms with Gasteiger partial charge in [-0.15, -0.1) is 0 Å². The van der Waals surface area contributed by atoms with E-state index in [0.717, 1.165) is 18.5 Å². The van der Waals surface area contributed by atoms with Gasteiger partial charge >= 0.3 is 0 Å². The zero-order valence-electron chi connectivity index (χ0n) is 7.13. The molecule has 2 N–H and O–H groups in total. The Bertz CT molecular complexity index is 310. The van der Waals surface area contributed by atoms with Crippen LogP contribution in [0.4, 0.5) is 0 Å². The quantitative estimate of drug-likeness (QED) is 0.706. The first kappa shape index (κ1) is 8.94. The van der Waals surface area contributed by atoms with Crippen LogP contribution in [0.5, 0.6) is 0 Å². The van der Waals surface area contributed by atoms with Crippen molar-refractivity contribution in [2.75, 3.05) is 13.1 Å². The molecule has 2 rings (SSSR count). The molecule has 0 aromatic carbocycles. The minimum absolute atomic E-state index is 0.567. The Balaban J connectivity index is 2.33. The van der Waals surface area contributed by atoms with E-state index in [9.17, 15) is 5.11 Å². The van der Waals surface area contributed by atoms with E-state index in [4.69, 9.17) is 11.6 Å². The number of aliphatic hydroxyl groups is 1. The van der Waals surface area contributed by atoms with Gasteiger partial charge in [0.2, 0.25) is 0 Å². The molecule has 4 heteroatoms. The standard InChI is InChI=1S/C9H11ClN2O/c10-8-3-7(4-12-5-8)9(13)1-2-11-6-9/h3-5,11,13H,1-2,6H2. The fraction of sp³-hybridized carbons (Fsp3) is 0.444. The van der Waals surface area contributed by atoms with Crippen molar-refractivity contribution < 1.29 is 5.11 Å². The van der Waals surface area contributed by atoms with E-state index in [0.29, 0.717) is 11.6 Å². The zero-order valence-corrected chi connectivity index (χ0v) is 7.88. The summed E-state index contributed by atoms with van der Waals surface area (Å²) in [5.74, 6) is 0. The van der Waals surface area contributed by atoms with Gasteiger partial charge in [-0.1, -0.05) is 11.6 Å². The molecule has 1 aliphatic rings. The molecule has 1 atom stereocenters. The molecule has 0 radical (unpaired) electrons. The fourth-order valence-electron chi connectivity index (χ4n) is 1.59. The van der Waals surface area contributed by atoms with E-state index in [1.54, 1.807) is 18.5 Å². The van der Waals surface area contributed by atoms with Crippen LogP contribution in [0.1, 0.15) is 12.0 Å². The summed E-state index contributed by atoms with van der Waals surface area (Å²) in [5, 5.41) is 13.8. The second-order valence-corrected chi connectivity index (χ2v) is 3.79. The van der Waals surface area contributed by atoms with Gasteiger partial charge in [0.05, 0.1) is 5.02 Å². The average Bonchev–Trinajstić information content (AvgIpc) is 2.54. The number of rotatable bonds is 1. The highest BCUT2D eigenvalue weighted by Crippen LogP contribution is 2.28. The van der Waals surface area contributed by atoms with Gasteiger partial charge in [-0.25, -0.2) is 0 Å². The molecule has 3 nitrogen and oxygen atoms in total. The maximum atomic E-state index is 10.1. The molecule has 1 fully saturated rings. The normalized spacial score (nSPS) is 27.8. The summed E-state index contributed by atoms with van der Waals surface area (Å²) < 4.78 is 0. The van der Waals surface area contributed by atoms with Crippen molar-refractivity contribution in [3.05, 3.63) is 29.0 Å². The maximum absolute atomic E-state index is 10.1. The minimum atomic E-state index is -0.780. The lowest BCUT2D eigenvalue weighted by Crippen LogP contribution is -2.28. The molecule has 70 valence electrons. The average molecular weight is 199 g/mol. The molecule has 0 saturated carbocycles. The van der Waals surface area contributed by atoms with Gasteiger partial charge in [0.1, 0.15) is 5.60 Å². The van der Waals surface area contributed by atoms with Crippen molar-refractivity contribution in [1.29, 1.82) is 0 Å². The van der Waals surface area contributed by atoms with Gasteiger partial charge in [-0.3, -0.25) is 4.98 Å². The van der Waals surface area contributed by atoms with Gasteiger partial charge in [-0.2, -0.15) is 0 Å². The molecule has 0 amide bonds. The van der Waals surface area contributed by atoms with Gasteiger partial charge in [-0.05, 0) is 19.0 Å². The van der Waals surface area contributed by atoms with E-state index in [1.165, 1.54) is 0 Å². The van der Waals surface area contributed by atoms with Crippen molar-refractivity contribution in [3.8, 4) is 0 Å². The van der Waals surface area contributed by atoms with Crippen LogP contribution < -0.4 is 5.32 Å². The van der Waals surface area contributed by atoms with Gasteiger partial charge in [0.15, 0.2) is 0 Å². The maximum Gasteiger partial charge on any atom is 0.105 e. The Morgan fingerprint density at radius 1 is 1.54 bits per heavy atom. The highest BCUT2D eigenvalue weighted by atomic mass is 35.5. The SMILES string of the molecule is OC1(c2cncc(Cl)c2)CCNC1. The van der Waals surface area contributed by atoms with Crippen LogP contribution in [0.25, 0.3) is 0 Å². The van der Waals surface area contributed by atoms with Gasteiger partial charge in [0, 0.05) is 24.5 Å². The minimum Gasteiger partial charge on any atom is -0.384 e. The molecule has 13 heavy (non-hydrogen) atoms. The number of halogens is 1. The number of hydrogen-bond donors (Lipinski definition) is 2. The van der Waals surface area contributed by atoms with Gasteiger partial charge in [0.25, 0.3) is 0 Å². The number of β-amino-alcohol motifs (C(OH)–C–C–N with tert-alkyl or cyclic N) is 1. The predicted molar refractivity (Wildman–Crippen MR) is 50.6 cm³/mol. The Morgan fingerprint density at radius 2 is 2.38 bits per heavy atom. The smallest absolute Gasteiger partial charge is 0.105 e. The predicted octanol–water partition coefficient (Wildman–Crippen LogP) is 0.916. The van der Waals surface area contributed by atoms with Crippen molar-refractivity contribution in [2.24, 2.45) is 0 Å². The largest absolute Gasteiger partial charge is 0.384 e. The van der Waals surface area contributed by atoms with E-state index >= 15 is 0 Å². The summed E-state index contributed by atoms with van der Waals surface area (Å²) in [7, 11) is 0. The van der Waals surface area contributed by atoms with E-state index in [1.807, 2.05) is 0 Å². The van der Waals surface area contributed by atoms with Crippen LogP contribution >= 0.6 is 11.6 Å². The molecule has 0 bridgehead atoms. The van der Waals surface area contributed by atoms with E-state index in [2.05, 4.69) is 10.3 Å². The Labute approximate surface area is 81.8 Å². The molecular formula is C9H11ClN2O. The third-order valence-electron chi connectivity index (χ3n) is 2.38. The second kappa shape index (κ2) is 3.25. The Kier molecular flexibility index (Phi) is 2.24. The third kappa shape index (κ3) is 1.68. The Hall–Kier alpha value is -0.640. The molecular weight excluding hydrogens is 188 g/mol. The summed E-state index contributed by atoms with van der Waals surface area (Å²) in [6.07, 6.45) is 3.95. The van der Waals surface area contributed by atoms with Crippen LogP contribution in [-0.2, 0) is 5.60 Å². The number of hydrogen-bond acceptors (Lipinski definition) is 3. The number of pyridine rings is 1. The summed E-state index contributed by atoms with van der Waals surface area (Å²) in [6.45, 7) is 1.41. The number of nitrogens with zero attached hydrogens (tertiary/aromatic N) is 1. The van der Waals surface area contributed by atoms with Crippen molar-refractivity contribution in [1.82, 2.24) is 10.3 Å². The summed E-state index contributed by atoms with van der Waals surface area (Å²) in [6, 6.07) is 1.77. The van der Waals surface area contributed by atoms with Gasteiger partial charge < -0.3 is 10.4 Å². The first-order valence-corrected chi connectivity index (χ1v) is 4.63. The topological polar surface area (TPSA) is 45.2 Å². The monoisotopic (exact) mass is 198 g/mol. The lowest BCUT2D eigenvalue weighted by molar-refractivity contribution is 0.0584. The van der Waals surface area contributed by atoms with Crippen LogP contribution in [0.15, 0.2) is 18.5 Å². The fourth-order valence-corrected chi connectivity index (χ4v) is 1.77. The number of nitrogens with one attached hydrogen (secondary N) is 1. The van der Waals surface area contributed by atoms with E-state index < -0.39 is 5.60 Å². The zero-order chi connectivity index (χ0) is 9.31. The highest BCUT2D eigenvalue weighted by Gasteiger charge is 2.33. The molecule has 1 aromatic rings. The first-order chi connectivity index (χ1) is 6.21. The highest BCUT2D eigenvalue weighted by molar-refractivity contribution is 6.30. The van der Waals surface area contributed by atoms with E-state index in [-0.39, 0.29) is 0 Å². The second-order valence-electron chi connectivity index (χ2n) is 3.35. The molecule has 1 aromatic heterocycles. The van der Waals surface area contributed by atoms with Crippen molar-refractivity contribution in [3.63, 3.8) is 0 Å². The lowest BCUT2D eigenvalue weighted by Gasteiger charge is -2.21. The molecule has 0 spiro atoms. The first-order valence-electron chi connectivity index (χ1n) is 4.25.